The van der Waals surface area contributed by atoms with Crippen LogP contribution in [0.1, 0.15) is 70.5 Å². The summed E-state index contributed by atoms with van der Waals surface area (Å²) in [5.41, 5.74) is -2.30. The summed E-state index contributed by atoms with van der Waals surface area (Å²) in [6.07, 6.45) is 4.17. The van der Waals surface area contributed by atoms with E-state index in [2.05, 4.69) is 20.3 Å². The van der Waals surface area contributed by atoms with Crippen molar-refractivity contribution < 1.29 is 22.8 Å². The van der Waals surface area contributed by atoms with Crippen LogP contribution in [0.3, 0.4) is 0 Å². The van der Waals surface area contributed by atoms with Gasteiger partial charge in [-0.25, -0.2) is 14.4 Å². The number of alkyl halides is 2. The van der Waals surface area contributed by atoms with Crippen molar-refractivity contribution in [3.63, 3.8) is 0 Å². The fourth-order valence-corrected chi connectivity index (χ4v) is 7.03. The quantitative estimate of drug-likeness (QED) is 0.303. The van der Waals surface area contributed by atoms with Crippen LogP contribution < -0.4 is 10.8 Å². The highest BCUT2D eigenvalue weighted by atomic mass is 31.2. The van der Waals surface area contributed by atoms with Gasteiger partial charge >= 0.3 is 5.92 Å². The van der Waals surface area contributed by atoms with Crippen LogP contribution in [0.2, 0.25) is 0 Å². The molecule has 0 saturated carbocycles. The Labute approximate surface area is 210 Å². The van der Waals surface area contributed by atoms with E-state index in [1.807, 2.05) is 13.8 Å². The lowest BCUT2D eigenvalue weighted by Gasteiger charge is -2.30. The number of halogens is 3. The zero-order chi connectivity index (χ0) is 26.9. The third-order valence-electron chi connectivity index (χ3n) is 6.22. The van der Waals surface area contributed by atoms with Gasteiger partial charge in [0.15, 0.2) is 0 Å². The van der Waals surface area contributed by atoms with E-state index in [1.54, 1.807) is 26.1 Å². The largest absolute Gasteiger partial charge is 0.384 e. The standard InChI is InChI=1S/C26H34F3N4O2P/c1-7-12-36(35,13-8-2)22-14-19-21(15-30-22)32-17(4)33-24(19)31-16(3)18-10-9-11-20(23(18)27)26(28,29)25(5,6)34/h9-11,14-16,34H,7-8,12-13H2,1-6H3,(H,31,32,33)/t16-/m1/s1. The van der Waals surface area contributed by atoms with E-state index in [-0.39, 0.29) is 5.56 Å². The van der Waals surface area contributed by atoms with Crippen LogP contribution in [0.25, 0.3) is 10.9 Å². The maximum atomic E-state index is 15.3. The number of nitrogens with one attached hydrogen (secondary N) is 1. The molecule has 2 heterocycles. The zero-order valence-electron chi connectivity index (χ0n) is 21.6. The normalized spacial score (nSPS) is 13.7. The van der Waals surface area contributed by atoms with Gasteiger partial charge in [-0.3, -0.25) is 4.98 Å². The fourth-order valence-electron chi connectivity index (χ4n) is 4.27. The van der Waals surface area contributed by atoms with Crippen LogP contribution in [0, 0.1) is 12.7 Å². The van der Waals surface area contributed by atoms with Gasteiger partial charge in [0.05, 0.1) is 23.3 Å². The minimum absolute atomic E-state index is 0.00208. The van der Waals surface area contributed by atoms with Gasteiger partial charge in [0.2, 0.25) is 0 Å². The maximum Gasteiger partial charge on any atom is 0.303 e. The molecule has 36 heavy (non-hydrogen) atoms. The zero-order valence-corrected chi connectivity index (χ0v) is 22.5. The van der Waals surface area contributed by atoms with Gasteiger partial charge < -0.3 is 15.0 Å². The Morgan fingerprint density at radius 3 is 2.36 bits per heavy atom. The Kier molecular flexibility index (Phi) is 8.16. The van der Waals surface area contributed by atoms with Crippen LogP contribution >= 0.6 is 7.14 Å². The van der Waals surface area contributed by atoms with Gasteiger partial charge in [-0.15, -0.1) is 0 Å². The highest BCUT2D eigenvalue weighted by Gasteiger charge is 2.49. The molecule has 0 unspecified atom stereocenters. The molecule has 2 N–H and O–H groups in total. The SMILES string of the molecule is CCCP(=O)(CCC)c1cc2c(N[C@H](C)c3cccc(C(F)(F)C(C)(C)O)c3F)nc(C)nc2cn1. The van der Waals surface area contributed by atoms with Gasteiger partial charge in [0, 0.05) is 23.3 Å². The number of aliphatic hydroxyl groups is 1. The summed E-state index contributed by atoms with van der Waals surface area (Å²) in [7, 11) is -2.71. The lowest BCUT2D eigenvalue weighted by Crippen LogP contribution is -2.41. The minimum Gasteiger partial charge on any atom is -0.384 e. The van der Waals surface area contributed by atoms with E-state index in [4.69, 9.17) is 0 Å². The summed E-state index contributed by atoms with van der Waals surface area (Å²) in [5, 5.41) is 13.6. The number of benzene rings is 1. The second-order valence-electron chi connectivity index (χ2n) is 9.72. The lowest BCUT2D eigenvalue weighted by atomic mass is 9.91. The van der Waals surface area contributed by atoms with Gasteiger partial charge in [-0.2, -0.15) is 8.78 Å². The van der Waals surface area contributed by atoms with E-state index >= 15 is 4.39 Å². The van der Waals surface area contributed by atoms with E-state index < -0.39 is 36.1 Å². The lowest BCUT2D eigenvalue weighted by molar-refractivity contribution is -0.170. The summed E-state index contributed by atoms with van der Waals surface area (Å²) in [6.45, 7) is 9.18. The van der Waals surface area contributed by atoms with E-state index in [0.29, 0.717) is 40.3 Å². The average Bonchev–Trinajstić information content (AvgIpc) is 2.78. The third kappa shape index (κ3) is 5.42. The summed E-state index contributed by atoms with van der Waals surface area (Å²) >= 11 is 0. The molecule has 0 aliphatic rings. The Bertz CT molecular complexity index is 1280. The Morgan fingerprint density at radius 2 is 1.78 bits per heavy atom. The first-order valence-electron chi connectivity index (χ1n) is 12.1. The van der Waals surface area contributed by atoms with Crippen molar-refractivity contribution in [3.8, 4) is 0 Å². The van der Waals surface area contributed by atoms with Gasteiger partial charge in [-0.05, 0) is 52.7 Å². The van der Waals surface area contributed by atoms with E-state index in [9.17, 15) is 18.5 Å². The third-order valence-corrected chi connectivity index (χ3v) is 9.64. The van der Waals surface area contributed by atoms with Gasteiger partial charge in [0.1, 0.15) is 35.6 Å². The van der Waals surface area contributed by atoms with Crippen molar-refractivity contribution in [2.45, 2.75) is 71.9 Å². The first kappa shape index (κ1) is 28.1. The number of nitrogens with zero attached hydrogens (tertiary/aromatic N) is 3. The van der Waals surface area contributed by atoms with Crippen LogP contribution in [-0.4, -0.2) is 38.0 Å². The molecule has 0 spiro atoms. The molecule has 0 radical (unpaired) electrons. The van der Waals surface area contributed by atoms with Crippen molar-refractivity contribution in [1.29, 1.82) is 0 Å². The molecule has 0 amide bonds. The number of anilines is 1. The summed E-state index contributed by atoms with van der Waals surface area (Å²) in [6, 6.07) is 4.70. The predicted molar refractivity (Wildman–Crippen MR) is 138 cm³/mol. The first-order chi connectivity index (χ1) is 16.7. The Morgan fingerprint density at radius 1 is 1.14 bits per heavy atom. The monoisotopic (exact) mass is 522 g/mol. The molecule has 2 aromatic heterocycles. The molecule has 3 aromatic rings. The van der Waals surface area contributed by atoms with Crippen LogP contribution in [0.15, 0.2) is 30.5 Å². The number of aromatic nitrogens is 3. The summed E-state index contributed by atoms with van der Waals surface area (Å²) in [4.78, 5) is 13.4. The highest BCUT2D eigenvalue weighted by Crippen LogP contribution is 2.46. The van der Waals surface area contributed by atoms with Crippen molar-refractivity contribution in [3.05, 3.63) is 53.2 Å². The minimum atomic E-state index is -3.80. The number of fused-ring (bicyclic) bond motifs is 1. The molecule has 0 aliphatic carbocycles. The molecule has 0 fully saturated rings. The molecular formula is C26H34F3N4O2P. The number of hydrogen-bond acceptors (Lipinski definition) is 6. The molecule has 0 saturated heterocycles. The maximum absolute atomic E-state index is 15.3. The average molecular weight is 523 g/mol. The van der Waals surface area contributed by atoms with Gasteiger partial charge in [0.25, 0.3) is 0 Å². The highest BCUT2D eigenvalue weighted by molar-refractivity contribution is 7.71. The number of hydrogen-bond donors (Lipinski definition) is 2. The summed E-state index contributed by atoms with van der Waals surface area (Å²) in [5.74, 6) is -4.09. The van der Waals surface area contributed by atoms with Gasteiger partial charge in [-0.1, -0.05) is 26.0 Å². The molecule has 0 bridgehead atoms. The molecule has 3 rings (SSSR count). The molecule has 0 aliphatic heterocycles. The van der Waals surface area contributed by atoms with Crippen LogP contribution in [-0.2, 0) is 10.5 Å². The smallest absolute Gasteiger partial charge is 0.303 e. The summed E-state index contributed by atoms with van der Waals surface area (Å²) < 4.78 is 58.5. The Hall–Kier alpha value is -2.51. The van der Waals surface area contributed by atoms with Crippen molar-refractivity contribution in [2.24, 2.45) is 0 Å². The number of pyridine rings is 1. The van der Waals surface area contributed by atoms with Crippen molar-refractivity contribution >= 4 is 29.3 Å². The first-order valence-corrected chi connectivity index (χ1v) is 14.2. The predicted octanol–water partition coefficient (Wildman–Crippen LogP) is 6.32. The van der Waals surface area contributed by atoms with Crippen molar-refractivity contribution in [1.82, 2.24) is 15.0 Å². The van der Waals surface area contributed by atoms with Crippen LogP contribution in [0.4, 0.5) is 19.0 Å². The Balaban J connectivity index is 2.07. The van der Waals surface area contributed by atoms with Crippen LogP contribution in [0.5, 0.6) is 0 Å². The molecule has 10 heteroatoms. The van der Waals surface area contributed by atoms with Crippen molar-refractivity contribution in [2.75, 3.05) is 17.6 Å². The molecule has 1 aromatic carbocycles. The second-order valence-corrected chi connectivity index (χ2v) is 12.9. The number of aryl methyl sites for hydroxylation is 1. The second kappa shape index (κ2) is 10.5. The van der Waals surface area contributed by atoms with E-state index in [0.717, 1.165) is 32.8 Å². The number of rotatable bonds is 10. The molecule has 6 nitrogen and oxygen atoms in total. The molecular weight excluding hydrogens is 488 g/mol. The van der Waals surface area contributed by atoms with E-state index in [1.165, 1.54) is 12.1 Å². The topological polar surface area (TPSA) is 88.0 Å². The molecule has 196 valence electrons. The fraction of sp³-hybridized carbons (Fsp3) is 0.500. The molecule has 1 atom stereocenters.